The van der Waals surface area contributed by atoms with Crippen LogP contribution in [0.25, 0.3) is 10.9 Å². The highest BCUT2D eigenvalue weighted by Crippen LogP contribution is 2.23. The maximum atomic E-state index is 9.42. The number of hydrogen-bond donors (Lipinski definition) is 3. The van der Waals surface area contributed by atoms with Gasteiger partial charge in [0.25, 0.3) is 0 Å². The molecule has 0 fully saturated rings. The minimum atomic E-state index is 0.331. The van der Waals surface area contributed by atoms with Gasteiger partial charge in [-0.15, -0.1) is 0 Å². The lowest BCUT2D eigenvalue weighted by Crippen LogP contribution is -2.08. The number of phenolic OH excluding ortho intramolecular Hbond substituents is 1. The zero-order valence-corrected chi connectivity index (χ0v) is 8.88. The Morgan fingerprint density at radius 2 is 2.27 bits per heavy atom. The van der Waals surface area contributed by atoms with E-state index in [1.807, 2.05) is 25.4 Å². The van der Waals surface area contributed by atoms with Crippen molar-refractivity contribution in [3.05, 3.63) is 30.0 Å². The Balaban J connectivity index is 2.23. The predicted octanol–water partition coefficient (Wildman–Crippen LogP) is 2.03. The summed E-state index contributed by atoms with van der Waals surface area (Å²) < 4.78 is 0. The third kappa shape index (κ3) is 2.13. The fourth-order valence-corrected chi connectivity index (χ4v) is 1.83. The molecule has 1 heterocycles. The topological polar surface area (TPSA) is 48.0 Å². The number of aromatic nitrogens is 1. The van der Waals surface area contributed by atoms with E-state index in [4.69, 9.17) is 0 Å². The molecule has 80 valence electrons. The van der Waals surface area contributed by atoms with Crippen molar-refractivity contribution in [1.82, 2.24) is 10.3 Å². The molecule has 0 bridgehead atoms. The maximum absolute atomic E-state index is 9.42. The molecular weight excluding hydrogens is 188 g/mol. The molecule has 0 aliphatic heterocycles. The fourth-order valence-electron chi connectivity index (χ4n) is 1.83. The average molecular weight is 204 g/mol. The molecule has 0 amide bonds. The first kappa shape index (κ1) is 10.1. The minimum Gasteiger partial charge on any atom is -0.508 e. The second-order valence-electron chi connectivity index (χ2n) is 3.75. The highest BCUT2D eigenvalue weighted by Gasteiger charge is 2.03. The van der Waals surface area contributed by atoms with Crippen molar-refractivity contribution < 1.29 is 5.11 Å². The summed E-state index contributed by atoms with van der Waals surface area (Å²) in [6.45, 7) is 1.02. The van der Waals surface area contributed by atoms with E-state index in [2.05, 4.69) is 10.3 Å². The molecule has 0 saturated carbocycles. The lowest BCUT2D eigenvalue weighted by Gasteiger charge is -1.99. The molecule has 0 aliphatic carbocycles. The van der Waals surface area contributed by atoms with Gasteiger partial charge in [-0.2, -0.15) is 0 Å². The van der Waals surface area contributed by atoms with Crippen molar-refractivity contribution in [2.75, 3.05) is 13.6 Å². The molecule has 0 atom stereocenters. The molecule has 3 nitrogen and oxygen atoms in total. The third-order valence-electron chi connectivity index (χ3n) is 2.62. The van der Waals surface area contributed by atoms with Gasteiger partial charge in [0.2, 0.25) is 0 Å². The highest BCUT2D eigenvalue weighted by atomic mass is 16.3. The van der Waals surface area contributed by atoms with Crippen LogP contribution in [-0.2, 0) is 6.42 Å². The van der Waals surface area contributed by atoms with Crippen molar-refractivity contribution in [3.63, 3.8) is 0 Å². The van der Waals surface area contributed by atoms with Gasteiger partial charge in [-0.05, 0) is 50.2 Å². The van der Waals surface area contributed by atoms with Gasteiger partial charge in [0.15, 0.2) is 0 Å². The van der Waals surface area contributed by atoms with Gasteiger partial charge in [-0.25, -0.2) is 0 Å². The molecule has 0 radical (unpaired) electrons. The highest BCUT2D eigenvalue weighted by molar-refractivity contribution is 5.84. The van der Waals surface area contributed by atoms with Crippen LogP contribution < -0.4 is 5.32 Å². The number of H-pyrrole nitrogens is 1. The molecule has 0 unspecified atom stereocenters. The van der Waals surface area contributed by atoms with Gasteiger partial charge < -0.3 is 15.4 Å². The predicted molar refractivity (Wildman–Crippen MR) is 62.2 cm³/mol. The lowest BCUT2D eigenvalue weighted by molar-refractivity contribution is 0.476. The van der Waals surface area contributed by atoms with Crippen molar-refractivity contribution in [2.45, 2.75) is 12.8 Å². The summed E-state index contributed by atoms with van der Waals surface area (Å²) in [4.78, 5) is 3.21. The number of aryl methyl sites for hydroxylation is 1. The van der Waals surface area contributed by atoms with E-state index in [1.165, 1.54) is 5.56 Å². The van der Waals surface area contributed by atoms with E-state index in [9.17, 15) is 5.11 Å². The molecule has 1 aromatic carbocycles. The number of hydrogen-bond acceptors (Lipinski definition) is 2. The van der Waals surface area contributed by atoms with Crippen molar-refractivity contribution in [3.8, 4) is 5.75 Å². The van der Waals surface area contributed by atoms with E-state index in [1.54, 1.807) is 6.07 Å². The Bertz CT molecular complexity index is 448. The zero-order valence-electron chi connectivity index (χ0n) is 8.88. The molecule has 15 heavy (non-hydrogen) atoms. The first-order valence-electron chi connectivity index (χ1n) is 5.25. The van der Waals surface area contributed by atoms with Crippen LogP contribution in [-0.4, -0.2) is 23.7 Å². The van der Waals surface area contributed by atoms with Gasteiger partial charge in [-0.3, -0.25) is 0 Å². The molecule has 3 heteroatoms. The summed E-state index contributed by atoms with van der Waals surface area (Å²) in [7, 11) is 1.96. The third-order valence-corrected chi connectivity index (χ3v) is 2.62. The normalized spacial score (nSPS) is 11.0. The Morgan fingerprint density at radius 1 is 1.40 bits per heavy atom. The first-order valence-corrected chi connectivity index (χ1v) is 5.25. The molecule has 3 N–H and O–H groups in total. The zero-order chi connectivity index (χ0) is 10.7. The van der Waals surface area contributed by atoms with Crippen LogP contribution in [0.1, 0.15) is 12.0 Å². The lowest BCUT2D eigenvalue weighted by atomic mass is 10.1. The Labute approximate surface area is 89.1 Å². The SMILES string of the molecule is CNCCCc1c[nH]c2ccc(O)cc12. The Morgan fingerprint density at radius 3 is 3.07 bits per heavy atom. The smallest absolute Gasteiger partial charge is 0.116 e. The molecule has 0 aliphatic rings. The van der Waals surface area contributed by atoms with Gasteiger partial charge in [0.1, 0.15) is 5.75 Å². The molecule has 0 spiro atoms. The van der Waals surface area contributed by atoms with Crippen molar-refractivity contribution >= 4 is 10.9 Å². The first-order chi connectivity index (χ1) is 7.31. The van der Waals surface area contributed by atoms with Gasteiger partial charge in [0, 0.05) is 17.1 Å². The minimum absolute atomic E-state index is 0.331. The molecule has 2 aromatic rings. The van der Waals surface area contributed by atoms with Gasteiger partial charge in [0.05, 0.1) is 0 Å². The number of phenols is 1. The number of fused-ring (bicyclic) bond motifs is 1. The monoisotopic (exact) mass is 204 g/mol. The molecular formula is C12H16N2O. The summed E-state index contributed by atoms with van der Waals surface area (Å²) >= 11 is 0. The van der Waals surface area contributed by atoms with Crippen LogP contribution in [0.3, 0.4) is 0 Å². The van der Waals surface area contributed by atoms with Crippen LogP contribution >= 0.6 is 0 Å². The molecule has 1 aromatic heterocycles. The quantitative estimate of drug-likeness (QED) is 0.667. The van der Waals surface area contributed by atoms with E-state index in [-0.39, 0.29) is 0 Å². The van der Waals surface area contributed by atoms with Crippen LogP contribution in [0.5, 0.6) is 5.75 Å². The second-order valence-corrected chi connectivity index (χ2v) is 3.75. The fraction of sp³-hybridized carbons (Fsp3) is 0.333. The number of nitrogens with one attached hydrogen (secondary N) is 2. The van der Waals surface area contributed by atoms with Crippen LogP contribution in [0.2, 0.25) is 0 Å². The van der Waals surface area contributed by atoms with Crippen LogP contribution in [0, 0.1) is 0 Å². The number of aromatic amines is 1. The van der Waals surface area contributed by atoms with E-state index in [0.717, 1.165) is 30.3 Å². The maximum Gasteiger partial charge on any atom is 0.116 e. The average Bonchev–Trinajstić information content (AvgIpc) is 2.62. The van der Waals surface area contributed by atoms with E-state index < -0.39 is 0 Å². The summed E-state index contributed by atoms with van der Waals surface area (Å²) in [5.41, 5.74) is 2.36. The van der Waals surface area contributed by atoms with Gasteiger partial charge in [-0.1, -0.05) is 0 Å². The summed E-state index contributed by atoms with van der Waals surface area (Å²) in [6.07, 6.45) is 4.17. The second kappa shape index (κ2) is 4.36. The Hall–Kier alpha value is -1.48. The van der Waals surface area contributed by atoms with Gasteiger partial charge >= 0.3 is 0 Å². The Kier molecular flexibility index (Phi) is 2.92. The molecule has 0 saturated heterocycles. The van der Waals surface area contributed by atoms with Crippen LogP contribution in [0.15, 0.2) is 24.4 Å². The summed E-state index contributed by atoms with van der Waals surface area (Å²) in [5, 5.41) is 13.7. The largest absolute Gasteiger partial charge is 0.508 e. The summed E-state index contributed by atoms with van der Waals surface area (Å²) in [6, 6.07) is 5.43. The van der Waals surface area contributed by atoms with Crippen LogP contribution in [0.4, 0.5) is 0 Å². The summed E-state index contributed by atoms with van der Waals surface area (Å²) in [5.74, 6) is 0.331. The van der Waals surface area contributed by atoms with Crippen molar-refractivity contribution in [1.29, 1.82) is 0 Å². The standard InChI is InChI=1S/C12H16N2O/c1-13-6-2-3-9-8-14-12-5-4-10(15)7-11(9)12/h4-5,7-8,13-15H,2-3,6H2,1H3. The van der Waals surface area contributed by atoms with E-state index in [0.29, 0.717) is 5.75 Å². The van der Waals surface area contributed by atoms with Crippen molar-refractivity contribution in [2.24, 2.45) is 0 Å². The number of aromatic hydroxyl groups is 1. The number of rotatable bonds is 4. The van der Waals surface area contributed by atoms with E-state index >= 15 is 0 Å². The molecule has 2 rings (SSSR count). The number of benzene rings is 1.